The van der Waals surface area contributed by atoms with Gasteiger partial charge in [0, 0.05) is 31.9 Å². The molecule has 198 valence electrons. The predicted molar refractivity (Wildman–Crippen MR) is 143 cm³/mol. The van der Waals surface area contributed by atoms with Crippen LogP contribution in [0.2, 0.25) is 0 Å². The Hall–Kier alpha value is -4.40. The molecule has 0 radical (unpaired) electrons. The summed E-state index contributed by atoms with van der Waals surface area (Å²) in [7, 11) is 1.30. The molecule has 3 aromatic rings. The molecule has 3 aromatic carbocycles. The van der Waals surface area contributed by atoms with Crippen LogP contribution in [0.15, 0.2) is 66.7 Å². The summed E-state index contributed by atoms with van der Waals surface area (Å²) >= 11 is 0. The number of carbonyl (C=O) groups excluding carboxylic acids is 4. The van der Waals surface area contributed by atoms with Gasteiger partial charge in [-0.1, -0.05) is 42.5 Å². The first-order valence-corrected chi connectivity index (χ1v) is 12.6. The van der Waals surface area contributed by atoms with Gasteiger partial charge in [-0.2, -0.15) is 0 Å². The molecule has 0 spiro atoms. The molecule has 9 heteroatoms. The highest BCUT2D eigenvalue weighted by Gasteiger charge is 2.34. The van der Waals surface area contributed by atoms with Gasteiger partial charge in [0.15, 0.2) is 0 Å². The molecule has 1 N–H and O–H groups in total. The minimum absolute atomic E-state index is 0.0984. The average molecular weight is 518 g/mol. The van der Waals surface area contributed by atoms with Crippen LogP contribution in [0.1, 0.15) is 22.8 Å². The molecule has 1 fully saturated rings. The molecule has 4 rings (SSSR count). The number of fused-ring (bicyclic) bond motifs is 1. The van der Waals surface area contributed by atoms with Crippen LogP contribution < -0.4 is 5.32 Å². The molecule has 38 heavy (non-hydrogen) atoms. The molecule has 1 heterocycles. The van der Waals surface area contributed by atoms with Crippen LogP contribution in [-0.4, -0.2) is 73.6 Å². The van der Waals surface area contributed by atoms with Crippen molar-refractivity contribution < 1.29 is 28.7 Å². The van der Waals surface area contributed by atoms with E-state index in [2.05, 4.69) is 5.32 Å². The lowest BCUT2D eigenvalue weighted by molar-refractivity contribution is -0.141. The molecular formula is C29H31N3O6. The van der Waals surface area contributed by atoms with E-state index in [0.717, 1.165) is 10.8 Å². The molecule has 0 saturated carbocycles. The number of nitrogens with one attached hydrogen (secondary N) is 1. The molecule has 1 saturated heterocycles. The number of piperazine rings is 1. The zero-order valence-electron chi connectivity index (χ0n) is 21.5. The van der Waals surface area contributed by atoms with Crippen LogP contribution in [0.25, 0.3) is 10.8 Å². The summed E-state index contributed by atoms with van der Waals surface area (Å²) < 4.78 is 9.87. The third-order valence-corrected chi connectivity index (χ3v) is 6.54. The fourth-order valence-corrected chi connectivity index (χ4v) is 4.51. The summed E-state index contributed by atoms with van der Waals surface area (Å²) in [5.41, 5.74) is 1.58. The fraction of sp³-hybridized carbons (Fsp3) is 0.310. The van der Waals surface area contributed by atoms with Crippen molar-refractivity contribution in [2.24, 2.45) is 5.92 Å². The van der Waals surface area contributed by atoms with E-state index in [-0.39, 0.29) is 18.9 Å². The normalized spacial score (nSPS) is 14.1. The summed E-state index contributed by atoms with van der Waals surface area (Å²) in [4.78, 5) is 54.4. The Labute approximate surface area is 221 Å². The minimum Gasteiger partial charge on any atom is -0.465 e. The van der Waals surface area contributed by atoms with E-state index in [9.17, 15) is 19.2 Å². The van der Waals surface area contributed by atoms with Crippen molar-refractivity contribution in [2.45, 2.75) is 13.3 Å². The topological polar surface area (TPSA) is 105 Å². The second-order valence-electron chi connectivity index (χ2n) is 9.01. The minimum atomic E-state index is -1.04. The molecule has 0 aliphatic carbocycles. The van der Waals surface area contributed by atoms with Gasteiger partial charge in [0.25, 0.3) is 0 Å². The first kappa shape index (κ1) is 26.7. The molecule has 9 nitrogen and oxygen atoms in total. The van der Waals surface area contributed by atoms with Gasteiger partial charge in [-0.25, -0.2) is 9.59 Å². The molecular weight excluding hydrogens is 486 g/mol. The lowest BCUT2D eigenvalue weighted by Gasteiger charge is -2.35. The van der Waals surface area contributed by atoms with Crippen molar-refractivity contribution >= 4 is 40.3 Å². The Morgan fingerprint density at radius 3 is 2.29 bits per heavy atom. The molecule has 1 unspecified atom stereocenters. The SMILES string of the molecule is CCOC(=O)N1CCN(C(=O)C(Cc2cccc(C(=O)OC)c2)C(=O)Nc2ccc3ccccc3c2)CC1. The van der Waals surface area contributed by atoms with Gasteiger partial charge in [-0.3, -0.25) is 9.59 Å². The molecule has 0 aromatic heterocycles. The number of hydrogen-bond donors (Lipinski definition) is 1. The van der Waals surface area contributed by atoms with Crippen molar-refractivity contribution in [1.29, 1.82) is 0 Å². The van der Waals surface area contributed by atoms with E-state index < -0.39 is 23.9 Å². The van der Waals surface area contributed by atoms with Crippen molar-refractivity contribution in [3.05, 3.63) is 77.9 Å². The fourth-order valence-electron chi connectivity index (χ4n) is 4.51. The van der Waals surface area contributed by atoms with E-state index in [4.69, 9.17) is 9.47 Å². The van der Waals surface area contributed by atoms with Crippen molar-refractivity contribution in [3.63, 3.8) is 0 Å². The molecule has 1 atom stereocenters. The lowest BCUT2D eigenvalue weighted by Crippen LogP contribution is -2.53. The molecule has 1 aliphatic heterocycles. The Morgan fingerprint density at radius 2 is 1.58 bits per heavy atom. The quantitative estimate of drug-likeness (QED) is 0.378. The molecule has 0 bridgehead atoms. The van der Waals surface area contributed by atoms with Crippen molar-refractivity contribution in [3.8, 4) is 0 Å². The first-order valence-electron chi connectivity index (χ1n) is 12.6. The summed E-state index contributed by atoms with van der Waals surface area (Å²) in [6.07, 6.45) is -0.314. The van der Waals surface area contributed by atoms with Gasteiger partial charge in [0.1, 0.15) is 5.92 Å². The van der Waals surface area contributed by atoms with E-state index in [1.54, 1.807) is 47.1 Å². The number of benzene rings is 3. The van der Waals surface area contributed by atoms with Gasteiger partial charge in [-0.05, 0) is 53.9 Å². The predicted octanol–water partition coefficient (Wildman–Crippen LogP) is 3.72. The van der Waals surface area contributed by atoms with E-state index >= 15 is 0 Å². The maximum absolute atomic E-state index is 13.7. The number of nitrogens with zero attached hydrogens (tertiary/aromatic N) is 2. The maximum atomic E-state index is 13.7. The number of hydrogen-bond acceptors (Lipinski definition) is 6. The van der Waals surface area contributed by atoms with Crippen LogP contribution in [0, 0.1) is 5.92 Å². The average Bonchev–Trinajstić information content (AvgIpc) is 2.95. The molecule has 1 aliphatic rings. The van der Waals surface area contributed by atoms with Gasteiger partial charge >= 0.3 is 12.1 Å². The van der Waals surface area contributed by atoms with Crippen LogP contribution in [0.3, 0.4) is 0 Å². The summed E-state index contributed by atoms with van der Waals surface area (Å²) in [6.45, 7) is 3.24. The van der Waals surface area contributed by atoms with Gasteiger partial charge in [-0.15, -0.1) is 0 Å². The zero-order chi connectivity index (χ0) is 27.1. The van der Waals surface area contributed by atoms with Crippen LogP contribution in [0.4, 0.5) is 10.5 Å². The highest BCUT2D eigenvalue weighted by atomic mass is 16.6. The highest BCUT2D eigenvalue weighted by molar-refractivity contribution is 6.07. The van der Waals surface area contributed by atoms with Crippen molar-refractivity contribution in [1.82, 2.24) is 9.80 Å². The highest BCUT2D eigenvalue weighted by Crippen LogP contribution is 2.22. The van der Waals surface area contributed by atoms with E-state index in [1.807, 2.05) is 36.4 Å². The largest absolute Gasteiger partial charge is 0.465 e. The number of ether oxygens (including phenoxy) is 2. The summed E-state index contributed by atoms with van der Waals surface area (Å²) in [5, 5.41) is 4.91. The summed E-state index contributed by atoms with van der Waals surface area (Å²) in [6, 6.07) is 20.1. The van der Waals surface area contributed by atoms with Crippen LogP contribution >= 0.6 is 0 Å². The van der Waals surface area contributed by atoms with Gasteiger partial charge in [0.2, 0.25) is 11.8 Å². The number of rotatable bonds is 7. The Balaban J connectivity index is 1.55. The smallest absolute Gasteiger partial charge is 0.409 e. The van der Waals surface area contributed by atoms with E-state index in [1.165, 1.54) is 7.11 Å². The van der Waals surface area contributed by atoms with Crippen molar-refractivity contribution in [2.75, 3.05) is 45.2 Å². The standard InChI is InChI=1S/C29H31N3O6/c1-3-38-29(36)32-15-13-31(14-16-32)27(34)25(18-20-7-6-10-23(17-20)28(35)37-2)26(33)30-24-12-11-21-8-4-5-9-22(21)19-24/h4-12,17,19,25H,3,13-16,18H2,1-2H3,(H,30,33). The third kappa shape index (κ3) is 6.29. The summed E-state index contributed by atoms with van der Waals surface area (Å²) in [5.74, 6) is -2.31. The monoisotopic (exact) mass is 517 g/mol. The maximum Gasteiger partial charge on any atom is 0.409 e. The number of methoxy groups -OCH3 is 1. The van der Waals surface area contributed by atoms with Gasteiger partial charge in [0.05, 0.1) is 19.3 Å². The van der Waals surface area contributed by atoms with Crippen LogP contribution in [-0.2, 0) is 25.5 Å². The Morgan fingerprint density at radius 1 is 0.868 bits per heavy atom. The number of carbonyl (C=O) groups is 4. The second-order valence-corrected chi connectivity index (χ2v) is 9.01. The van der Waals surface area contributed by atoms with Crippen LogP contribution in [0.5, 0.6) is 0 Å². The molecule has 3 amide bonds. The van der Waals surface area contributed by atoms with Gasteiger partial charge < -0.3 is 24.6 Å². The second kappa shape index (κ2) is 12.2. The number of amides is 3. The Kier molecular flexibility index (Phi) is 8.58. The lowest BCUT2D eigenvalue weighted by atomic mass is 9.95. The van der Waals surface area contributed by atoms with E-state index in [0.29, 0.717) is 43.0 Å². The zero-order valence-corrected chi connectivity index (χ0v) is 21.5. The first-order chi connectivity index (χ1) is 18.4. The number of esters is 1. The number of anilines is 1. The third-order valence-electron chi connectivity index (χ3n) is 6.54. The Bertz CT molecular complexity index is 1330.